The highest BCUT2D eigenvalue weighted by Crippen LogP contribution is 2.09. The fraction of sp³-hybridized carbons (Fsp3) is 0.810. The highest BCUT2D eigenvalue weighted by molar-refractivity contribution is 4.81. The normalized spacial score (nSPS) is 11.7. The summed E-state index contributed by atoms with van der Waals surface area (Å²) in [6.07, 6.45) is 27.5. The monoisotopic (exact) mass is 308 g/mol. The molecule has 0 aliphatic heterocycles. The van der Waals surface area contributed by atoms with E-state index in [9.17, 15) is 0 Å². The van der Waals surface area contributed by atoms with Crippen LogP contribution in [0, 0.1) is 0 Å². The molecule has 22 heavy (non-hydrogen) atoms. The molecule has 1 heteroatoms. The Bertz CT molecular complexity index is 242. The lowest BCUT2D eigenvalue weighted by molar-refractivity contribution is 0.240. The number of hydrogen-bond donors (Lipinski definition) is 0. The van der Waals surface area contributed by atoms with Crippen molar-refractivity contribution in [1.82, 2.24) is 0 Å². The van der Waals surface area contributed by atoms with Gasteiger partial charge in [0.15, 0.2) is 0 Å². The Morgan fingerprint density at radius 3 is 1.68 bits per heavy atom. The van der Waals surface area contributed by atoms with Gasteiger partial charge < -0.3 is 4.74 Å². The van der Waals surface area contributed by atoms with Crippen LogP contribution in [0.25, 0.3) is 0 Å². The summed E-state index contributed by atoms with van der Waals surface area (Å²) in [6, 6.07) is 0. The molecule has 0 spiro atoms. The van der Waals surface area contributed by atoms with Crippen molar-refractivity contribution in [3.05, 3.63) is 24.5 Å². The molecule has 0 N–H and O–H groups in total. The predicted molar refractivity (Wildman–Crippen MR) is 100 cm³/mol. The van der Waals surface area contributed by atoms with Crippen LogP contribution >= 0.6 is 0 Å². The van der Waals surface area contributed by atoms with Gasteiger partial charge in [0.1, 0.15) is 0 Å². The van der Waals surface area contributed by atoms with E-state index in [1.54, 1.807) is 6.26 Å². The molecule has 0 rings (SSSR count). The molecule has 0 aromatic carbocycles. The zero-order valence-corrected chi connectivity index (χ0v) is 15.3. The second kappa shape index (κ2) is 20.3. The van der Waals surface area contributed by atoms with Gasteiger partial charge in [-0.1, -0.05) is 82.9 Å². The standard InChI is InChI=1S/C21H40O/c1-3-5-6-7-8-9-10-11-12-13-14-15-16-17-18-19-21-22-20-4-2/h4,11-12,20H,3,5-10,13-19,21H2,1-2H3/b12-11-,20-4?. The van der Waals surface area contributed by atoms with Crippen LogP contribution in [-0.2, 0) is 4.74 Å². The molecular formula is C21H40O. The molecule has 0 atom stereocenters. The van der Waals surface area contributed by atoms with Crippen molar-refractivity contribution < 1.29 is 4.74 Å². The molecule has 0 aliphatic rings. The minimum Gasteiger partial charge on any atom is -0.502 e. The van der Waals surface area contributed by atoms with Crippen molar-refractivity contribution in [1.29, 1.82) is 0 Å². The number of unbranched alkanes of at least 4 members (excludes halogenated alkanes) is 12. The second-order valence-electron chi connectivity index (χ2n) is 6.28. The second-order valence-corrected chi connectivity index (χ2v) is 6.28. The Hall–Kier alpha value is -0.720. The molecule has 130 valence electrons. The summed E-state index contributed by atoms with van der Waals surface area (Å²) < 4.78 is 5.31. The molecule has 0 amide bonds. The van der Waals surface area contributed by atoms with E-state index in [0.717, 1.165) is 6.61 Å². The third kappa shape index (κ3) is 19.3. The maximum atomic E-state index is 5.31. The Balaban J connectivity index is 3.05. The SMILES string of the molecule is CC=COCCCCCCCC/C=C\CCCCCCCC. The zero-order chi connectivity index (χ0) is 16.1. The summed E-state index contributed by atoms with van der Waals surface area (Å²) in [6.45, 7) is 5.15. The van der Waals surface area contributed by atoms with E-state index < -0.39 is 0 Å². The van der Waals surface area contributed by atoms with Crippen molar-refractivity contribution in [3.63, 3.8) is 0 Å². The van der Waals surface area contributed by atoms with E-state index in [0.29, 0.717) is 0 Å². The molecule has 0 unspecified atom stereocenters. The lowest BCUT2D eigenvalue weighted by atomic mass is 10.1. The molecule has 0 bridgehead atoms. The number of allylic oxidation sites excluding steroid dienone is 3. The van der Waals surface area contributed by atoms with E-state index in [2.05, 4.69) is 19.1 Å². The van der Waals surface area contributed by atoms with Crippen molar-refractivity contribution in [3.8, 4) is 0 Å². The van der Waals surface area contributed by atoms with Crippen LogP contribution < -0.4 is 0 Å². The molecule has 0 saturated heterocycles. The average Bonchev–Trinajstić information content (AvgIpc) is 2.54. The molecule has 0 fully saturated rings. The molecular weight excluding hydrogens is 268 g/mol. The number of ether oxygens (including phenoxy) is 1. The van der Waals surface area contributed by atoms with Gasteiger partial charge in [0.25, 0.3) is 0 Å². The van der Waals surface area contributed by atoms with Gasteiger partial charge in [0.05, 0.1) is 12.9 Å². The van der Waals surface area contributed by atoms with Crippen molar-refractivity contribution in [2.24, 2.45) is 0 Å². The highest BCUT2D eigenvalue weighted by atomic mass is 16.5. The van der Waals surface area contributed by atoms with Crippen LogP contribution in [0.3, 0.4) is 0 Å². The molecule has 1 nitrogen and oxygen atoms in total. The average molecular weight is 309 g/mol. The van der Waals surface area contributed by atoms with Crippen LogP contribution in [-0.4, -0.2) is 6.61 Å². The minimum absolute atomic E-state index is 0.880. The third-order valence-electron chi connectivity index (χ3n) is 4.01. The van der Waals surface area contributed by atoms with Crippen LogP contribution in [0.5, 0.6) is 0 Å². The molecule has 0 radical (unpaired) electrons. The van der Waals surface area contributed by atoms with Gasteiger partial charge in [-0.2, -0.15) is 0 Å². The first-order chi connectivity index (χ1) is 10.9. The van der Waals surface area contributed by atoms with Gasteiger partial charge >= 0.3 is 0 Å². The molecule has 0 heterocycles. The van der Waals surface area contributed by atoms with Gasteiger partial charge in [0.2, 0.25) is 0 Å². The van der Waals surface area contributed by atoms with Crippen LogP contribution in [0.15, 0.2) is 24.5 Å². The lowest BCUT2D eigenvalue weighted by Crippen LogP contribution is -1.87. The van der Waals surface area contributed by atoms with Gasteiger partial charge in [-0.05, 0) is 39.0 Å². The molecule has 0 saturated carbocycles. The zero-order valence-electron chi connectivity index (χ0n) is 15.3. The maximum Gasteiger partial charge on any atom is 0.0873 e. The number of hydrogen-bond acceptors (Lipinski definition) is 1. The van der Waals surface area contributed by atoms with E-state index >= 15 is 0 Å². The topological polar surface area (TPSA) is 9.23 Å². The largest absolute Gasteiger partial charge is 0.502 e. The van der Waals surface area contributed by atoms with Crippen LogP contribution in [0.4, 0.5) is 0 Å². The quantitative estimate of drug-likeness (QED) is 0.153. The van der Waals surface area contributed by atoms with Gasteiger partial charge in [-0.25, -0.2) is 0 Å². The maximum absolute atomic E-state index is 5.31. The summed E-state index contributed by atoms with van der Waals surface area (Å²) >= 11 is 0. The van der Waals surface area contributed by atoms with Crippen LogP contribution in [0.1, 0.15) is 104 Å². The first kappa shape index (κ1) is 21.3. The first-order valence-electron chi connectivity index (χ1n) is 9.79. The Labute approximate surface area is 140 Å². The van der Waals surface area contributed by atoms with E-state index in [1.807, 2.05) is 13.0 Å². The van der Waals surface area contributed by atoms with E-state index in [4.69, 9.17) is 4.74 Å². The van der Waals surface area contributed by atoms with Crippen molar-refractivity contribution in [2.75, 3.05) is 6.61 Å². The Morgan fingerprint density at radius 2 is 1.14 bits per heavy atom. The fourth-order valence-electron chi connectivity index (χ4n) is 2.60. The Kier molecular flexibility index (Phi) is 19.6. The van der Waals surface area contributed by atoms with Crippen molar-refractivity contribution in [2.45, 2.75) is 104 Å². The number of rotatable bonds is 17. The molecule has 0 aromatic heterocycles. The summed E-state index contributed by atoms with van der Waals surface area (Å²) in [5, 5.41) is 0. The van der Waals surface area contributed by atoms with Crippen molar-refractivity contribution >= 4 is 0 Å². The fourth-order valence-corrected chi connectivity index (χ4v) is 2.60. The van der Waals surface area contributed by atoms with Gasteiger partial charge in [-0.3, -0.25) is 0 Å². The Morgan fingerprint density at radius 1 is 0.636 bits per heavy atom. The first-order valence-corrected chi connectivity index (χ1v) is 9.79. The van der Waals surface area contributed by atoms with Gasteiger partial charge in [-0.15, -0.1) is 0 Å². The van der Waals surface area contributed by atoms with E-state index in [-0.39, 0.29) is 0 Å². The van der Waals surface area contributed by atoms with Crippen LogP contribution in [0.2, 0.25) is 0 Å². The smallest absolute Gasteiger partial charge is 0.0873 e. The highest BCUT2D eigenvalue weighted by Gasteiger charge is 1.91. The summed E-state index contributed by atoms with van der Waals surface area (Å²) in [7, 11) is 0. The molecule has 0 aliphatic carbocycles. The predicted octanol–water partition coefficient (Wildman–Crippen LogP) is 7.57. The summed E-state index contributed by atoms with van der Waals surface area (Å²) in [5.74, 6) is 0. The minimum atomic E-state index is 0.880. The summed E-state index contributed by atoms with van der Waals surface area (Å²) in [5.41, 5.74) is 0. The third-order valence-corrected chi connectivity index (χ3v) is 4.01. The molecule has 0 aromatic rings. The van der Waals surface area contributed by atoms with E-state index in [1.165, 1.54) is 89.9 Å². The summed E-state index contributed by atoms with van der Waals surface area (Å²) in [4.78, 5) is 0. The van der Waals surface area contributed by atoms with Gasteiger partial charge in [0, 0.05) is 0 Å². The lowest BCUT2D eigenvalue weighted by Gasteiger charge is -2.01.